The normalized spacial score (nSPS) is 10.8. The molecule has 0 spiro atoms. The van der Waals surface area contributed by atoms with Crippen LogP contribution in [-0.2, 0) is 0 Å². The lowest BCUT2D eigenvalue weighted by Crippen LogP contribution is -2.03. The lowest BCUT2D eigenvalue weighted by Gasteiger charge is -2.06. The molecule has 0 saturated heterocycles. The fraction of sp³-hybridized carbons (Fsp3) is 0.312. The minimum absolute atomic E-state index is 0.106. The van der Waals surface area contributed by atoms with Crippen LogP contribution >= 0.6 is 11.8 Å². The molecule has 104 valence electrons. The van der Waals surface area contributed by atoms with Crippen LogP contribution in [0.3, 0.4) is 0 Å². The zero-order chi connectivity index (χ0) is 14.5. The molecule has 2 rings (SSSR count). The maximum Gasteiger partial charge on any atom is 0.187 e. The van der Waals surface area contributed by atoms with Gasteiger partial charge in [0.05, 0.1) is 5.75 Å². The number of benzene rings is 1. The van der Waals surface area contributed by atoms with Gasteiger partial charge in [-0.05, 0) is 24.0 Å². The molecule has 0 aliphatic carbocycles. The molecular weight excluding hydrogens is 268 g/mol. The van der Waals surface area contributed by atoms with Gasteiger partial charge in [-0.2, -0.15) is 0 Å². The first-order valence-corrected chi connectivity index (χ1v) is 7.59. The van der Waals surface area contributed by atoms with E-state index in [-0.39, 0.29) is 5.78 Å². The summed E-state index contributed by atoms with van der Waals surface area (Å²) in [4.78, 5) is 20.5. The van der Waals surface area contributed by atoms with E-state index in [0.717, 1.165) is 11.1 Å². The number of aryl methyl sites for hydroxylation is 1. The molecule has 0 aliphatic rings. The fourth-order valence-corrected chi connectivity index (χ4v) is 2.40. The highest BCUT2D eigenvalue weighted by Gasteiger charge is 2.08. The Morgan fingerprint density at radius 2 is 1.75 bits per heavy atom. The first-order chi connectivity index (χ1) is 9.56. The second kappa shape index (κ2) is 6.66. The Hall–Kier alpha value is -1.68. The Morgan fingerprint density at radius 1 is 1.15 bits per heavy atom. The summed E-state index contributed by atoms with van der Waals surface area (Å²) in [6.45, 7) is 6.22. The molecule has 0 fully saturated rings. The van der Waals surface area contributed by atoms with Crippen LogP contribution in [0.15, 0.2) is 41.8 Å². The second-order valence-corrected chi connectivity index (χ2v) is 5.97. The van der Waals surface area contributed by atoms with Crippen LogP contribution in [0.2, 0.25) is 0 Å². The van der Waals surface area contributed by atoms with Crippen molar-refractivity contribution in [1.82, 2.24) is 9.97 Å². The number of hydrogen-bond donors (Lipinski definition) is 0. The van der Waals surface area contributed by atoms with Gasteiger partial charge in [0, 0.05) is 18.0 Å². The molecule has 20 heavy (non-hydrogen) atoms. The van der Waals surface area contributed by atoms with E-state index < -0.39 is 0 Å². The molecule has 1 aromatic heterocycles. The van der Waals surface area contributed by atoms with Crippen LogP contribution in [0.25, 0.3) is 0 Å². The third kappa shape index (κ3) is 3.90. The Labute approximate surface area is 123 Å². The van der Waals surface area contributed by atoms with E-state index in [1.165, 1.54) is 17.3 Å². The molecule has 0 bridgehead atoms. The zero-order valence-electron chi connectivity index (χ0n) is 12.0. The van der Waals surface area contributed by atoms with Gasteiger partial charge in [0.25, 0.3) is 0 Å². The highest BCUT2D eigenvalue weighted by Crippen LogP contribution is 2.17. The van der Waals surface area contributed by atoms with Gasteiger partial charge in [0.15, 0.2) is 10.9 Å². The number of rotatable bonds is 5. The number of thioether (sulfide) groups is 1. The van der Waals surface area contributed by atoms with Gasteiger partial charge in [0.2, 0.25) is 0 Å². The van der Waals surface area contributed by atoms with E-state index in [9.17, 15) is 4.79 Å². The quantitative estimate of drug-likeness (QED) is 0.475. The van der Waals surface area contributed by atoms with Gasteiger partial charge < -0.3 is 0 Å². The Balaban J connectivity index is 1.96. The molecular formula is C16H18N2OS. The predicted molar refractivity (Wildman–Crippen MR) is 82.4 cm³/mol. The van der Waals surface area contributed by atoms with Crippen molar-refractivity contribution in [3.63, 3.8) is 0 Å². The van der Waals surface area contributed by atoms with E-state index in [1.807, 2.05) is 31.2 Å². The van der Waals surface area contributed by atoms with Crippen molar-refractivity contribution in [3.05, 3.63) is 53.3 Å². The minimum Gasteiger partial charge on any atom is -0.293 e. The largest absolute Gasteiger partial charge is 0.293 e. The molecule has 0 N–H and O–H groups in total. The second-order valence-electron chi connectivity index (χ2n) is 5.03. The summed E-state index contributed by atoms with van der Waals surface area (Å²) >= 11 is 1.37. The molecule has 2 aromatic rings. The van der Waals surface area contributed by atoms with E-state index in [4.69, 9.17) is 0 Å². The van der Waals surface area contributed by atoms with Crippen LogP contribution < -0.4 is 0 Å². The standard InChI is InChI=1S/C16H18N2OS/c1-11(2)13-4-6-14(7-5-13)15(19)10-20-16-17-8-12(3)9-18-16/h4-9,11H,10H2,1-3H3. The smallest absolute Gasteiger partial charge is 0.187 e. The Morgan fingerprint density at radius 3 is 2.30 bits per heavy atom. The van der Waals surface area contributed by atoms with Crippen LogP contribution in [-0.4, -0.2) is 21.5 Å². The van der Waals surface area contributed by atoms with Crippen LogP contribution in [0.4, 0.5) is 0 Å². The average Bonchev–Trinajstić information content (AvgIpc) is 2.46. The molecule has 3 nitrogen and oxygen atoms in total. The monoisotopic (exact) mass is 286 g/mol. The summed E-state index contributed by atoms with van der Waals surface area (Å²) in [6.07, 6.45) is 3.52. The summed E-state index contributed by atoms with van der Waals surface area (Å²) in [6, 6.07) is 7.83. The summed E-state index contributed by atoms with van der Waals surface area (Å²) in [5, 5.41) is 0.641. The zero-order valence-corrected chi connectivity index (χ0v) is 12.8. The van der Waals surface area contributed by atoms with Gasteiger partial charge in [-0.3, -0.25) is 4.79 Å². The number of ketones is 1. The van der Waals surface area contributed by atoms with Crippen LogP contribution in [0, 0.1) is 6.92 Å². The number of aromatic nitrogens is 2. The number of nitrogens with zero attached hydrogens (tertiary/aromatic N) is 2. The van der Waals surface area contributed by atoms with Crippen molar-refractivity contribution in [2.45, 2.75) is 31.8 Å². The Bertz CT molecular complexity index is 576. The molecule has 1 heterocycles. The summed E-state index contributed by atoms with van der Waals surface area (Å²) in [7, 11) is 0. The molecule has 1 aromatic carbocycles. The highest BCUT2D eigenvalue weighted by molar-refractivity contribution is 7.99. The lowest BCUT2D eigenvalue weighted by molar-refractivity contribution is 0.102. The first kappa shape index (κ1) is 14.7. The van der Waals surface area contributed by atoms with Crippen molar-refractivity contribution in [2.24, 2.45) is 0 Å². The van der Waals surface area contributed by atoms with Gasteiger partial charge in [0.1, 0.15) is 0 Å². The molecule has 0 aliphatic heterocycles. The number of hydrogen-bond acceptors (Lipinski definition) is 4. The topological polar surface area (TPSA) is 42.9 Å². The minimum atomic E-state index is 0.106. The van der Waals surface area contributed by atoms with E-state index in [1.54, 1.807) is 12.4 Å². The van der Waals surface area contributed by atoms with Gasteiger partial charge in [-0.25, -0.2) is 9.97 Å². The summed E-state index contributed by atoms with van der Waals surface area (Å²) in [5.41, 5.74) is 3.01. The first-order valence-electron chi connectivity index (χ1n) is 6.61. The van der Waals surface area contributed by atoms with Crippen LogP contribution in [0.1, 0.15) is 41.3 Å². The van der Waals surface area contributed by atoms with E-state index in [0.29, 0.717) is 16.8 Å². The van der Waals surface area contributed by atoms with Crippen molar-refractivity contribution in [3.8, 4) is 0 Å². The fourth-order valence-electron chi connectivity index (χ4n) is 1.72. The van der Waals surface area contributed by atoms with E-state index >= 15 is 0 Å². The van der Waals surface area contributed by atoms with Crippen molar-refractivity contribution >= 4 is 17.5 Å². The van der Waals surface area contributed by atoms with Crippen molar-refractivity contribution in [1.29, 1.82) is 0 Å². The van der Waals surface area contributed by atoms with E-state index in [2.05, 4.69) is 23.8 Å². The highest BCUT2D eigenvalue weighted by atomic mass is 32.2. The van der Waals surface area contributed by atoms with Crippen LogP contribution in [0.5, 0.6) is 0 Å². The van der Waals surface area contributed by atoms with Crippen molar-refractivity contribution < 1.29 is 4.79 Å². The van der Waals surface area contributed by atoms with Gasteiger partial charge in [-0.15, -0.1) is 0 Å². The third-order valence-electron chi connectivity index (χ3n) is 2.99. The summed E-state index contributed by atoms with van der Waals surface area (Å²) in [5.74, 6) is 0.952. The molecule has 0 unspecified atom stereocenters. The number of Topliss-reactive ketones (excluding diaryl/α,β-unsaturated/α-hetero) is 1. The summed E-state index contributed by atoms with van der Waals surface area (Å²) < 4.78 is 0. The molecule has 0 atom stereocenters. The predicted octanol–water partition coefficient (Wildman–Crippen LogP) is 3.88. The SMILES string of the molecule is Cc1cnc(SCC(=O)c2ccc(C(C)C)cc2)nc1. The van der Waals surface area contributed by atoms with Gasteiger partial charge in [-0.1, -0.05) is 49.9 Å². The molecule has 0 radical (unpaired) electrons. The molecule has 0 saturated carbocycles. The van der Waals surface area contributed by atoms with Gasteiger partial charge >= 0.3 is 0 Å². The number of carbonyl (C=O) groups excluding carboxylic acids is 1. The lowest BCUT2D eigenvalue weighted by atomic mass is 10.0. The third-order valence-corrected chi connectivity index (χ3v) is 3.86. The average molecular weight is 286 g/mol. The Kier molecular flexibility index (Phi) is 4.90. The molecule has 0 amide bonds. The molecule has 4 heteroatoms. The maximum absolute atomic E-state index is 12.1. The number of carbonyl (C=O) groups is 1. The van der Waals surface area contributed by atoms with Crippen molar-refractivity contribution in [2.75, 3.05) is 5.75 Å². The maximum atomic E-state index is 12.1.